The molecule has 0 aliphatic carbocycles. The van der Waals surface area contributed by atoms with Crippen LogP contribution in [0.3, 0.4) is 0 Å². The zero-order valence-electron chi connectivity index (χ0n) is 12.5. The van der Waals surface area contributed by atoms with Crippen molar-refractivity contribution in [2.75, 3.05) is 11.9 Å². The summed E-state index contributed by atoms with van der Waals surface area (Å²) in [5.41, 5.74) is 0.137. The number of nitrogens with two attached hydrogens (primary N) is 1. The van der Waals surface area contributed by atoms with E-state index in [0.29, 0.717) is 10.7 Å². The first kappa shape index (κ1) is 19.2. The van der Waals surface area contributed by atoms with E-state index in [4.69, 9.17) is 33.1 Å². The van der Waals surface area contributed by atoms with Crippen molar-refractivity contribution in [2.24, 2.45) is 5.14 Å². The van der Waals surface area contributed by atoms with Crippen molar-refractivity contribution >= 4 is 50.8 Å². The fourth-order valence-electron chi connectivity index (χ4n) is 1.80. The summed E-state index contributed by atoms with van der Waals surface area (Å²) in [5.74, 6) is -1.59. The Morgan fingerprint density at radius 3 is 2.40 bits per heavy atom. The first-order valence-corrected chi connectivity index (χ1v) is 9.02. The van der Waals surface area contributed by atoms with Gasteiger partial charge in [0.1, 0.15) is 0 Å². The molecule has 2 aromatic carbocycles. The van der Waals surface area contributed by atoms with Crippen LogP contribution in [0.5, 0.6) is 0 Å². The van der Waals surface area contributed by atoms with Gasteiger partial charge in [0.05, 0.1) is 26.2 Å². The van der Waals surface area contributed by atoms with E-state index in [1.165, 1.54) is 6.07 Å². The summed E-state index contributed by atoms with van der Waals surface area (Å²) in [5, 5.41) is 7.76. The van der Waals surface area contributed by atoms with E-state index in [1.54, 1.807) is 24.3 Å². The summed E-state index contributed by atoms with van der Waals surface area (Å²) in [6.07, 6.45) is 0. The molecule has 0 aromatic heterocycles. The standard InChI is InChI=1S/C15H12Cl2N2O5S/c16-11-6-5-9(25(18,22)23)7-10(11)15(21)24-8-14(20)19-13-4-2-1-3-12(13)17/h1-7H,8H2,(H,19,20)(H2,18,22,23). The fourth-order valence-corrected chi connectivity index (χ4v) is 2.71. The van der Waals surface area contributed by atoms with E-state index in [9.17, 15) is 18.0 Å². The number of halogens is 2. The first-order valence-electron chi connectivity index (χ1n) is 6.72. The van der Waals surface area contributed by atoms with Gasteiger partial charge in [-0.05, 0) is 30.3 Å². The number of carbonyl (C=O) groups excluding carboxylic acids is 2. The number of sulfonamides is 1. The number of hydrogen-bond donors (Lipinski definition) is 2. The maximum Gasteiger partial charge on any atom is 0.340 e. The monoisotopic (exact) mass is 402 g/mol. The van der Waals surface area contributed by atoms with Gasteiger partial charge in [0.25, 0.3) is 5.91 Å². The average molecular weight is 403 g/mol. The minimum atomic E-state index is -4.01. The Bertz CT molecular complexity index is 931. The third kappa shape index (κ3) is 5.17. The molecule has 2 aromatic rings. The highest BCUT2D eigenvalue weighted by Gasteiger charge is 2.18. The molecular weight excluding hydrogens is 391 g/mol. The summed E-state index contributed by atoms with van der Waals surface area (Å²) in [4.78, 5) is 23.5. The van der Waals surface area contributed by atoms with Gasteiger partial charge in [0.15, 0.2) is 6.61 Å². The smallest absolute Gasteiger partial charge is 0.340 e. The number of amides is 1. The van der Waals surface area contributed by atoms with Gasteiger partial charge in [0, 0.05) is 0 Å². The van der Waals surface area contributed by atoms with E-state index in [-0.39, 0.29) is 15.5 Å². The second kappa shape index (κ2) is 7.83. The molecule has 0 spiro atoms. The molecule has 10 heteroatoms. The predicted octanol–water partition coefficient (Wildman–Crippen LogP) is 2.44. The zero-order valence-corrected chi connectivity index (χ0v) is 14.9. The molecular formula is C15H12Cl2N2O5S. The highest BCUT2D eigenvalue weighted by molar-refractivity contribution is 7.89. The Morgan fingerprint density at radius 1 is 1.08 bits per heavy atom. The highest BCUT2D eigenvalue weighted by atomic mass is 35.5. The van der Waals surface area contributed by atoms with Gasteiger partial charge in [0.2, 0.25) is 10.0 Å². The second-order valence-electron chi connectivity index (χ2n) is 4.79. The largest absolute Gasteiger partial charge is 0.452 e. The lowest BCUT2D eigenvalue weighted by Gasteiger charge is -2.09. The van der Waals surface area contributed by atoms with Crippen molar-refractivity contribution < 1.29 is 22.7 Å². The molecule has 7 nitrogen and oxygen atoms in total. The topological polar surface area (TPSA) is 116 Å². The molecule has 132 valence electrons. The maximum absolute atomic E-state index is 12.0. The third-order valence-electron chi connectivity index (χ3n) is 2.97. The third-order valence-corrected chi connectivity index (χ3v) is 4.54. The number of anilines is 1. The number of hydrogen-bond acceptors (Lipinski definition) is 5. The number of carbonyl (C=O) groups is 2. The van der Waals surface area contributed by atoms with Crippen LogP contribution in [-0.4, -0.2) is 26.9 Å². The molecule has 0 aliphatic rings. The molecule has 0 saturated carbocycles. The Balaban J connectivity index is 2.05. The molecule has 1 amide bonds. The van der Waals surface area contributed by atoms with E-state index < -0.39 is 28.5 Å². The van der Waals surface area contributed by atoms with E-state index >= 15 is 0 Å². The van der Waals surface area contributed by atoms with Crippen molar-refractivity contribution in [3.05, 3.63) is 58.1 Å². The first-order chi connectivity index (χ1) is 11.7. The van der Waals surface area contributed by atoms with Crippen LogP contribution >= 0.6 is 23.2 Å². The zero-order chi connectivity index (χ0) is 18.6. The Morgan fingerprint density at radius 2 is 1.76 bits per heavy atom. The average Bonchev–Trinajstić information content (AvgIpc) is 2.54. The SMILES string of the molecule is NS(=O)(=O)c1ccc(Cl)c(C(=O)OCC(=O)Nc2ccccc2Cl)c1. The lowest BCUT2D eigenvalue weighted by molar-refractivity contribution is -0.119. The van der Waals surface area contributed by atoms with Crippen LogP contribution in [0, 0.1) is 0 Å². The number of esters is 1. The Labute approximate surface area is 153 Å². The van der Waals surface area contributed by atoms with Crippen LogP contribution in [0.15, 0.2) is 47.4 Å². The van der Waals surface area contributed by atoms with Crippen molar-refractivity contribution in [1.82, 2.24) is 0 Å². The Kier molecular flexibility index (Phi) is 6.02. The molecule has 0 aliphatic heterocycles. The molecule has 3 N–H and O–H groups in total. The molecule has 2 rings (SSSR count). The van der Waals surface area contributed by atoms with Gasteiger partial charge in [-0.25, -0.2) is 18.4 Å². The van der Waals surface area contributed by atoms with Gasteiger partial charge in [-0.2, -0.15) is 0 Å². The van der Waals surface area contributed by atoms with Crippen LogP contribution in [0.2, 0.25) is 10.0 Å². The van der Waals surface area contributed by atoms with Crippen LogP contribution in [0.25, 0.3) is 0 Å². The normalized spacial score (nSPS) is 11.0. The summed E-state index contributed by atoms with van der Waals surface area (Å²) >= 11 is 11.8. The van der Waals surface area contributed by atoms with Crippen LogP contribution < -0.4 is 10.5 Å². The van der Waals surface area contributed by atoms with Crippen LogP contribution in [0.4, 0.5) is 5.69 Å². The van der Waals surface area contributed by atoms with Gasteiger partial charge >= 0.3 is 5.97 Å². The van der Waals surface area contributed by atoms with Crippen LogP contribution in [0.1, 0.15) is 10.4 Å². The molecule has 0 fully saturated rings. The van der Waals surface area contributed by atoms with Gasteiger partial charge in [-0.1, -0.05) is 35.3 Å². The number of benzene rings is 2. The molecule has 0 heterocycles. The van der Waals surface area contributed by atoms with E-state index in [0.717, 1.165) is 12.1 Å². The predicted molar refractivity (Wildman–Crippen MR) is 93.2 cm³/mol. The second-order valence-corrected chi connectivity index (χ2v) is 7.17. The Hall–Kier alpha value is -2.13. The molecule has 0 radical (unpaired) electrons. The molecule has 0 atom stereocenters. The van der Waals surface area contributed by atoms with Gasteiger partial charge in [-0.15, -0.1) is 0 Å². The minimum Gasteiger partial charge on any atom is -0.452 e. The number of primary sulfonamides is 1. The van der Waals surface area contributed by atoms with Gasteiger partial charge < -0.3 is 10.1 Å². The highest BCUT2D eigenvalue weighted by Crippen LogP contribution is 2.22. The minimum absolute atomic E-state index is 0.0380. The number of para-hydroxylation sites is 1. The lowest BCUT2D eigenvalue weighted by atomic mass is 10.2. The van der Waals surface area contributed by atoms with Crippen molar-refractivity contribution in [3.8, 4) is 0 Å². The lowest BCUT2D eigenvalue weighted by Crippen LogP contribution is -2.21. The summed E-state index contributed by atoms with van der Waals surface area (Å²) in [7, 11) is -4.01. The molecule has 25 heavy (non-hydrogen) atoms. The number of nitrogens with one attached hydrogen (secondary N) is 1. The summed E-state index contributed by atoms with van der Waals surface area (Å²) < 4.78 is 27.5. The number of rotatable bonds is 5. The molecule has 0 unspecified atom stereocenters. The molecule has 0 bridgehead atoms. The van der Waals surface area contributed by atoms with E-state index in [1.807, 2.05) is 0 Å². The number of ether oxygens (including phenoxy) is 1. The van der Waals surface area contributed by atoms with Crippen molar-refractivity contribution in [2.45, 2.75) is 4.90 Å². The molecule has 0 saturated heterocycles. The summed E-state index contributed by atoms with van der Waals surface area (Å²) in [6, 6.07) is 9.85. The fraction of sp³-hybridized carbons (Fsp3) is 0.0667. The quantitative estimate of drug-likeness (QED) is 0.744. The van der Waals surface area contributed by atoms with Gasteiger partial charge in [-0.3, -0.25) is 4.79 Å². The van der Waals surface area contributed by atoms with E-state index in [2.05, 4.69) is 5.32 Å². The van der Waals surface area contributed by atoms with Crippen LogP contribution in [-0.2, 0) is 19.6 Å². The summed E-state index contributed by atoms with van der Waals surface area (Å²) in [6.45, 7) is -0.611. The van der Waals surface area contributed by atoms with Crippen molar-refractivity contribution in [3.63, 3.8) is 0 Å². The van der Waals surface area contributed by atoms with Crippen molar-refractivity contribution in [1.29, 1.82) is 0 Å². The maximum atomic E-state index is 12.0.